The van der Waals surface area contributed by atoms with Crippen molar-refractivity contribution < 1.29 is 4.74 Å². The lowest BCUT2D eigenvalue weighted by Gasteiger charge is -2.34. The molecule has 106 valence electrons. The molecule has 4 nitrogen and oxygen atoms in total. The zero-order chi connectivity index (χ0) is 13.7. The molecule has 0 spiro atoms. The van der Waals surface area contributed by atoms with Gasteiger partial charge >= 0.3 is 0 Å². The Bertz CT molecular complexity index is 371. The quantitative estimate of drug-likeness (QED) is 0.859. The van der Waals surface area contributed by atoms with Gasteiger partial charge in [-0.2, -0.15) is 0 Å². The van der Waals surface area contributed by atoms with Crippen molar-refractivity contribution >= 4 is 5.69 Å². The van der Waals surface area contributed by atoms with Gasteiger partial charge in [-0.25, -0.2) is 0 Å². The minimum absolute atomic E-state index is 0.425. The second-order valence-corrected chi connectivity index (χ2v) is 5.30. The highest BCUT2D eigenvalue weighted by atomic mass is 16.5. The Labute approximate surface area is 116 Å². The summed E-state index contributed by atoms with van der Waals surface area (Å²) in [5.41, 5.74) is 8.53. The molecular weight excluding hydrogens is 238 g/mol. The van der Waals surface area contributed by atoms with Gasteiger partial charge in [-0.05, 0) is 24.1 Å². The van der Waals surface area contributed by atoms with Gasteiger partial charge in [-0.3, -0.25) is 4.90 Å². The third-order valence-electron chi connectivity index (χ3n) is 3.76. The third kappa shape index (κ3) is 3.93. The molecule has 0 radical (unpaired) electrons. The van der Waals surface area contributed by atoms with Crippen LogP contribution in [0.5, 0.6) is 0 Å². The second kappa shape index (κ2) is 6.89. The van der Waals surface area contributed by atoms with Crippen LogP contribution in [0.4, 0.5) is 5.69 Å². The first kappa shape index (κ1) is 14.3. The van der Waals surface area contributed by atoms with Gasteiger partial charge in [-0.1, -0.05) is 12.1 Å². The van der Waals surface area contributed by atoms with Crippen LogP contribution in [-0.4, -0.2) is 57.9 Å². The third-order valence-corrected chi connectivity index (χ3v) is 3.76. The van der Waals surface area contributed by atoms with Crippen molar-refractivity contribution in [1.29, 1.82) is 0 Å². The average Bonchev–Trinajstić information content (AvgIpc) is 2.46. The molecule has 1 saturated heterocycles. The summed E-state index contributed by atoms with van der Waals surface area (Å²) in [6, 6.07) is 9.18. The number of hydrogen-bond donors (Lipinski definition) is 1. The topological polar surface area (TPSA) is 41.7 Å². The Hall–Kier alpha value is -1.10. The van der Waals surface area contributed by atoms with Crippen LogP contribution in [0.15, 0.2) is 24.3 Å². The molecule has 0 aromatic heterocycles. The second-order valence-electron chi connectivity index (χ2n) is 5.30. The van der Waals surface area contributed by atoms with E-state index in [2.05, 4.69) is 48.2 Å². The Morgan fingerprint density at radius 2 is 1.84 bits per heavy atom. The Morgan fingerprint density at radius 1 is 1.21 bits per heavy atom. The first-order valence-electron chi connectivity index (χ1n) is 6.99. The van der Waals surface area contributed by atoms with E-state index < -0.39 is 0 Å². The molecule has 1 aliphatic rings. The monoisotopic (exact) mass is 263 g/mol. The number of benzene rings is 1. The molecule has 1 aromatic carbocycles. The number of morpholine rings is 1. The fourth-order valence-corrected chi connectivity index (χ4v) is 2.51. The zero-order valence-electron chi connectivity index (χ0n) is 12.0. The van der Waals surface area contributed by atoms with Crippen molar-refractivity contribution in [3.8, 4) is 0 Å². The molecule has 2 N–H and O–H groups in total. The molecule has 1 fully saturated rings. The molecule has 1 aliphatic heterocycles. The van der Waals surface area contributed by atoms with E-state index in [1.807, 2.05) is 0 Å². The van der Waals surface area contributed by atoms with Crippen LogP contribution >= 0.6 is 0 Å². The van der Waals surface area contributed by atoms with E-state index in [1.165, 1.54) is 11.3 Å². The Kier molecular flexibility index (Phi) is 5.19. The van der Waals surface area contributed by atoms with Crippen LogP contribution in [0.2, 0.25) is 0 Å². The Morgan fingerprint density at radius 3 is 2.37 bits per heavy atom. The van der Waals surface area contributed by atoms with Gasteiger partial charge in [0.1, 0.15) is 0 Å². The van der Waals surface area contributed by atoms with Gasteiger partial charge in [0.2, 0.25) is 0 Å². The predicted octanol–water partition coefficient (Wildman–Crippen LogP) is 0.955. The van der Waals surface area contributed by atoms with E-state index >= 15 is 0 Å². The van der Waals surface area contributed by atoms with Crippen LogP contribution in [0, 0.1) is 0 Å². The maximum atomic E-state index is 5.94. The summed E-state index contributed by atoms with van der Waals surface area (Å²) >= 11 is 0. The minimum Gasteiger partial charge on any atom is -0.379 e. The minimum atomic E-state index is 0.425. The van der Waals surface area contributed by atoms with Gasteiger partial charge in [0.15, 0.2) is 0 Å². The molecule has 2 rings (SSSR count). The number of nitrogens with zero attached hydrogens (tertiary/aromatic N) is 2. The molecule has 4 heteroatoms. The van der Waals surface area contributed by atoms with E-state index in [0.29, 0.717) is 12.6 Å². The molecule has 0 saturated carbocycles. The summed E-state index contributed by atoms with van der Waals surface area (Å²) < 4.78 is 5.40. The highest BCUT2D eigenvalue weighted by molar-refractivity contribution is 5.46. The van der Waals surface area contributed by atoms with E-state index in [-0.39, 0.29) is 0 Å². The summed E-state index contributed by atoms with van der Waals surface area (Å²) in [5.74, 6) is 0. The largest absolute Gasteiger partial charge is 0.379 e. The first-order valence-corrected chi connectivity index (χ1v) is 6.99. The molecular formula is C15H25N3O. The van der Waals surface area contributed by atoms with Crippen molar-refractivity contribution in [2.75, 3.05) is 51.8 Å². The smallest absolute Gasteiger partial charge is 0.0594 e. The highest BCUT2D eigenvalue weighted by Crippen LogP contribution is 2.15. The van der Waals surface area contributed by atoms with E-state index in [1.54, 1.807) is 0 Å². The standard InChI is InChI=1S/C15H25N3O/c1-17(2)14-5-3-13(4-6-14)11-15(12-16)18-7-9-19-10-8-18/h3-6,15H,7-12,16H2,1-2H3. The predicted molar refractivity (Wildman–Crippen MR) is 79.7 cm³/mol. The average molecular weight is 263 g/mol. The van der Waals surface area contributed by atoms with Gasteiger partial charge in [0, 0.05) is 45.5 Å². The summed E-state index contributed by atoms with van der Waals surface area (Å²) in [6.07, 6.45) is 1.02. The van der Waals surface area contributed by atoms with E-state index in [0.717, 1.165) is 32.7 Å². The molecule has 1 aromatic rings. The molecule has 1 unspecified atom stereocenters. The summed E-state index contributed by atoms with van der Waals surface area (Å²) in [7, 11) is 4.12. The lowest BCUT2D eigenvalue weighted by atomic mass is 10.0. The maximum Gasteiger partial charge on any atom is 0.0594 e. The van der Waals surface area contributed by atoms with Crippen LogP contribution in [-0.2, 0) is 11.2 Å². The molecule has 0 aliphatic carbocycles. The SMILES string of the molecule is CN(C)c1ccc(CC(CN)N2CCOCC2)cc1. The van der Waals surface area contributed by atoms with E-state index in [9.17, 15) is 0 Å². The van der Waals surface area contributed by atoms with Crippen molar-refractivity contribution in [2.24, 2.45) is 5.73 Å². The summed E-state index contributed by atoms with van der Waals surface area (Å²) in [6.45, 7) is 4.36. The van der Waals surface area contributed by atoms with Gasteiger partial charge in [0.25, 0.3) is 0 Å². The molecule has 0 amide bonds. The first-order chi connectivity index (χ1) is 9.20. The molecule has 0 bridgehead atoms. The molecule has 1 heterocycles. The van der Waals surface area contributed by atoms with Crippen molar-refractivity contribution in [3.05, 3.63) is 29.8 Å². The van der Waals surface area contributed by atoms with E-state index in [4.69, 9.17) is 10.5 Å². The van der Waals surface area contributed by atoms with Crippen molar-refractivity contribution in [3.63, 3.8) is 0 Å². The van der Waals surface area contributed by atoms with Gasteiger partial charge in [-0.15, -0.1) is 0 Å². The maximum absolute atomic E-state index is 5.94. The lowest BCUT2D eigenvalue weighted by molar-refractivity contribution is 0.0184. The normalized spacial score (nSPS) is 18.3. The van der Waals surface area contributed by atoms with Crippen LogP contribution < -0.4 is 10.6 Å². The van der Waals surface area contributed by atoms with Crippen LogP contribution in [0.25, 0.3) is 0 Å². The number of anilines is 1. The zero-order valence-corrected chi connectivity index (χ0v) is 12.0. The fraction of sp³-hybridized carbons (Fsp3) is 0.600. The summed E-state index contributed by atoms with van der Waals surface area (Å²) in [4.78, 5) is 4.57. The number of nitrogens with two attached hydrogens (primary N) is 1. The highest BCUT2D eigenvalue weighted by Gasteiger charge is 2.19. The molecule has 19 heavy (non-hydrogen) atoms. The van der Waals surface area contributed by atoms with Crippen LogP contribution in [0.3, 0.4) is 0 Å². The van der Waals surface area contributed by atoms with Gasteiger partial charge in [0.05, 0.1) is 13.2 Å². The van der Waals surface area contributed by atoms with Crippen LogP contribution in [0.1, 0.15) is 5.56 Å². The molecule has 1 atom stereocenters. The lowest BCUT2D eigenvalue weighted by Crippen LogP contribution is -2.47. The number of hydrogen-bond acceptors (Lipinski definition) is 4. The Balaban J connectivity index is 1.97. The number of ether oxygens (including phenoxy) is 1. The van der Waals surface area contributed by atoms with Crippen molar-refractivity contribution in [1.82, 2.24) is 4.90 Å². The van der Waals surface area contributed by atoms with Gasteiger partial charge < -0.3 is 15.4 Å². The summed E-state index contributed by atoms with van der Waals surface area (Å²) in [5, 5.41) is 0. The van der Waals surface area contributed by atoms with Crippen molar-refractivity contribution in [2.45, 2.75) is 12.5 Å². The fourth-order valence-electron chi connectivity index (χ4n) is 2.51. The number of rotatable bonds is 5.